The Morgan fingerprint density at radius 3 is 2.90 bits per heavy atom. The summed E-state index contributed by atoms with van der Waals surface area (Å²) in [4.78, 5) is 6.98. The number of fused-ring (bicyclic) bond motifs is 3. The van der Waals surface area contributed by atoms with Crippen LogP contribution in [0.15, 0.2) is 48.7 Å². The molecule has 0 N–H and O–H groups in total. The molecule has 0 saturated carbocycles. The zero-order valence-corrected chi connectivity index (χ0v) is 12.1. The minimum Gasteiger partial charge on any atom is -0.477 e. The van der Waals surface area contributed by atoms with Gasteiger partial charge >= 0.3 is 0 Å². The molecule has 1 aromatic heterocycles. The monoisotopic (exact) mass is 280 g/mol. The van der Waals surface area contributed by atoms with Gasteiger partial charge in [-0.25, -0.2) is 4.98 Å². The van der Waals surface area contributed by atoms with Gasteiger partial charge in [0.25, 0.3) is 0 Å². The summed E-state index contributed by atoms with van der Waals surface area (Å²) in [6.45, 7) is 4.12. The molecule has 2 aliphatic rings. The minimum absolute atomic E-state index is 0.569. The molecule has 1 saturated heterocycles. The highest BCUT2D eigenvalue weighted by Gasteiger charge is 2.37. The second-order valence-electron chi connectivity index (χ2n) is 6.08. The van der Waals surface area contributed by atoms with Crippen LogP contribution in [0.5, 0.6) is 5.88 Å². The van der Waals surface area contributed by atoms with Crippen molar-refractivity contribution < 1.29 is 4.74 Å². The molecule has 2 atom stereocenters. The van der Waals surface area contributed by atoms with Crippen molar-refractivity contribution in [2.45, 2.75) is 18.9 Å². The standard InChI is InChI=1S/C18H20N2O/c1-2-5-14(6-3-1)11-20-12-15-8-10-21-18-16(17(15)13-20)7-4-9-19-18/h1-7,9,15,17H,8,10-13H2/t15-,17-/m0/s1. The van der Waals surface area contributed by atoms with E-state index in [0.717, 1.165) is 38.5 Å². The van der Waals surface area contributed by atoms with Crippen LogP contribution in [0.4, 0.5) is 0 Å². The number of nitrogens with zero attached hydrogens (tertiary/aromatic N) is 2. The lowest BCUT2D eigenvalue weighted by molar-refractivity contribution is 0.265. The van der Waals surface area contributed by atoms with Gasteiger partial charge in [0.05, 0.1) is 6.61 Å². The Kier molecular flexibility index (Phi) is 3.36. The molecule has 1 aromatic carbocycles. The molecule has 2 aliphatic heterocycles. The first-order chi connectivity index (χ1) is 10.4. The van der Waals surface area contributed by atoms with Gasteiger partial charge in [0, 0.05) is 37.3 Å². The Balaban J connectivity index is 1.55. The van der Waals surface area contributed by atoms with Gasteiger partial charge in [0.15, 0.2) is 0 Å². The van der Waals surface area contributed by atoms with E-state index in [-0.39, 0.29) is 0 Å². The molecule has 0 radical (unpaired) electrons. The van der Waals surface area contributed by atoms with Crippen molar-refractivity contribution in [1.29, 1.82) is 0 Å². The van der Waals surface area contributed by atoms with Gasteiger partial charge in [-0.15, -0.1) is 0 Å². The van der Waals surface area contributed by atoms with Gasteiger partial charge < -0.3 is 4.74 Å². The van der Waals surface area contributed by atoms with Crippen molar-refractivity contribution in [3.63, 3.8) is 0 Å². The molecule has 3 heterocycles. The first kappa shape index (κ1) is 12.8. The maximum Gasteiger partial charge on any atom is 0.216 e. The fourth-order valence-electron chi connectivity index (χ4n) is 3.69. The van der Waals surface area contributed by atoms with E-state index in [1.165, 1.54) is 11.1 Å². The molecular weight excluding hydrogens is 260 g/mol. The van der Waals surface area contributed by atoms with Crippen molar-refractivity contribution in [3.8, 4) is 5.88 Å². The number of hydrogen-bond acceptors (Lipinski definition) is 3. The Morgan fingerprint density at radius 2 is 2.00 bits per heavy atom. The number of ether oxygens (including phenoxy) is 1. The van der Waals surface area contributed by atoms with Crippen LogP contribution in [-0.4, -0.2) is 29.6 Å². The fraction of sp³-hybridized carbons (Fsp3) is 0.389. The summed E-state index contributed by atoms with van der Waals surface area (Å²) in [7, 11) is 0. The van der Waals surface area contributed by atoms with E-state index in [4.69, 9.17) is 4.74 Å². The summed E-state index contributed by atoms with van der Waals surface area (Å²) in [5, 5.41) is 0. The third kappa shape index (κ3) is 2.54. The van der Waals surface area contributed by atoms with Crippen LogP contribution in [0.25, 0.3) is 0 Å². The first-order valence-corrected chi connectivity index (χ1v) is 7.74. The topological polar surface area (TPSA) is 25.4 Å². The van der Waals surface area contributed by atoms with Crippen molar-refractivity contribution in [2.75, 3.05) is 19.7 Å². The number of benzene rings is 1. The number of hydrogen-bond donors (Lipinski definition) is 0. The maximum absolute atomic E-state index is 5.81. The third-order valence-electron chi connectivity index (χ3n) is 4.69. The number of aromatic nitrogens is 1. The molecule has 0 amide bonds. The van der Waals surface area contributed by atoms with Crippen molar-refractivity contribution in [3.05, 3.63) is 59.8 Å². The number of likely N-dealkylation sites (tertiary alicyclic amines) is 1. The smallest absolute Gasteiger partial charge is 0.216 e. The summed E-state index contributed by atoms with van der Waals surface area (Å²) in [5.41, 5.74) is 2.70. The van der Waals surface area contributed by atoms with E-state index in [0.29, 0.717) is 11.8 Å². The van der Waals surface area contributed by atoms with Crippen LogP contribution in [0.2, 0.25) is 0 Å². The number of rotatable bonds is 2. The molecule has 0 aliphatic carbocycles. The quantitative estimate of drug-likeness (QED) is 0.845. The van der Waals surface area contributed by atoms with Crippen LogP contribution in [0.3, 0.4) is 0 Å². The van der Waals surface area contributed by atoms with E-state index in [9.17, 15) is 0 Å². The lowest BCUT2D eigenvalue weighted by atomic mass is 9.88. The Bertz CT molecular complexity index is 614. The summed E-state index contributed by atoms with van der Waals surface area (Å²) >= 11 is 0. The van der Waals surface area contributed by atoms with Gasteiger partial charge in [0.1, 0.15) is 0 Å². The van der Waals surface area contributed by atoms with Gasteiger partial charge in [0.2, 0.25) is 5.88 Å². The molecule has 3 heteroatoms. The summed E-state index contributed by atoms with van der Waals surface area (Å²) in [6.07, 6.45) is 2.96. The van der Waals surface area contributed by atoms with Crippen molar-refractivity contribution >= 4 is 0 Å². The second kappa shape index (κ2) is 5.49. The highest BCUT2D eigenvalue weighted by atomic mass is 16.5. The lowest BCUT2D eigenvalue weighted by Gasteiger charge is -2.17. The molecule has 0 bridgehead atoms. The fourth-order valence-corrected chi connectivity index (χ4v) is 3.69. The average molecular weight is 280 g/mol. The highest BCUT2D eigenvalue weighted by molar-refractivity contribution is 5.32. The van der Waals surface area contributed by atoms with Crippen LogP contribution < -0.4 is 4.74 Å². The van der Waals surface area contributed by atoms with Gasteiger partial charge in [-0.05, 0) is 24.0 Å². The molecule has 0 spiro atoms. The first-order valence-electron chi connectivity index (χ1n) is 7.74. The van der Waals surface area contributed by atoms with Gasteiger partial charge in [-0.1, -0.05) is 36.4 Å². The third-order valence-corrected chi connectivity index (χ3v) is 4.69. The Hall–Kier alpha value is -1.87. The molecule has 4 rings (SSSR count). The van der Waals surface area contributed by atoms with E-state index in [1.807, 2.05) is 12.3 Å². The van der Waals surface area contributed by atoms with Crippen LogP contribution in [-0.2, 0) is 6.54 Å². The minimum atomic E-state index is 0.569. The molecule has 3 nitrogen and oxygen atoms in total. The number of pyridine rings is 1. The Morgan fingerprint density at radius 1 is 1.10 bits per heavy atom. The van der Waals surface area contributed by atoms with Crippen LogP contribution in [0, 0.1) is 5.92 Å². The van der Waals surface area contributed by atoms with E-state index in [1.54, 1.807) is 0 Å². The summed E-state index contributed by atoms with van der Waals surface area (Å²) in [6, 6.07) is 15.0. The maximum atomic E-state index is 5.81. The average Bonchev–Trinajstić information content (AvgIpc) is 2.83. The molecule has 2 aromatic rings. The van der Waals surface area contributed by atoms with Crippen LogP contribution in [0.1, 0.15) is 23.5 Å². The van der Waals surface area contributed by atoms with Crippen molar-refractivity contribution in [2.24, 2.45) is 5.92 Å². The molecule has 21 heavy (non-hydrogen) atoms. The molecular formula is C18H20N2O. The SMILES string of the molecule is c1ccc(CN2C[C@@H]3CCOc4ncccc4[C@H]3C2)cc1. The predicted molar refractivity (Wildman–Crippen MR) is 82.3 cm³/mol. The normalized spacial score (nSPS) is 24.8. The molecule has 1 fully saturated rings. The van der Waals surface area contributed by atoms with E-state index >= 15 is 0 Å². The molecule has 108 valence electrons. The summed E-state index contributed by atoms with van der Waals surface area (Å²) in [5.74, 6) is 2.12. The predicted octanol–water partition coefficient (Wildman–Crippen LogP) is 3.08. The molecule has 0 unspecified atom stereocenters. The largest absolute Gasteiger partial charge is 0.477 e. The van der Waals surface area contributed by atoms with E-state index in [2.05, 4.69) is 46.3 Å². The van der Waals surface area contributed by atoms with Crippen LogP contribution >= 0.6 is 0 Å². The lowest BCUT2D eigenvalue weighted by Crippen LogP contribution is -2.21. The Labute approximate surface area is 125 Å². The summed E-state index contributed by atoms with van der Waals surface area (Å²) < 4.78 is 5.81. The van der Waals surface area contributed by atoms with Crippen molar-refractivity contribution in [1.82, 2.24) is 9.88 Å². The zero-order chi connectivity index (χ0) is 14.1. The zero-order valence-electron chi connectivity index (χ0n) is 12.1. The van der Waals surface area contributed by atoms with E-state index < -0.39 is 0 Å². The highest BCUT2D eigenvalue weighted by Crippen LogP contribution is 2.40. The van der Waals surface area contributed by atoms with Gasteiger partial charge in [-0.3, -0.25) is 4.90 Å². The van der Waals surface area contributed by atoms with Gasteiger partial charge in [-0.2, -0.15) is 0 Å². The second-order valence-corrected chi connectivity index (χ2v) is 6.08.